The molecule has 0 radical (unpaired) electrons. The maximum atomic E-state index is 12.1. The molecule has 0 aliphatic carbocycles. The van der Waals surface area contributed by atoms with Gasteiger partial charge in [0.15, 0.2) is 5.69 Å². The molecular formula is C16H19N5O2. The maximum absolute atomic E-state index is 12.1. The number of amides is 2. The number of piperazine rings is 1. The van der Waals surface area contributed by atoms with Crippen LogP contribution in [-0.4, -0.2) is 41.6 Å². The Morgan fingerprint density at radius 2 is 2.13 bits per heavy atom. The number of H-pyrrole nitrogens is 1. The van der Waals surface area contributed by atoms with E-state index in [0.29, 0.717) is 24.5 Å². The molecule has 7 heteroatoms. The van der Waals surface area contributed by atoms with Gasteiger partial charge in [0.1, 0.15) is 0 Å². The van der Waals surface area contributed by atoms with Crippen LogP contribution in [0.2, 0.25) is 0 Å². The zero-order valence-corrected chi connectivity index (χ0v) is 12.9. The third-order valence-electron chi connectivity index (χ3n) is 3.77. The Balaban J connectivity index is 1.65. The smallest absolute Gasteiger partial charge is 0.276 e. The van der Waals surface area contributed by atoms with Gasteiger partial charge in [0, 0.05) is 30.2 Å². The molecule has 1 aliphatic rings. The van der Waals surface area contributed by atoms with Crippen molar-refractivity contribution in [3.05, 3.63) is 41.7 Å². The number of carbonyl (C=O) groups is 2. The lowest BCUT2D eigenvalue weighted by Crippen LogP contribution is -2.47. The summed E-state index contributed by atoms with van der Waals surface area (Å²) in [6.07, 6.45) is 0.804. The van der Waals surface area contributed by atoms with Crippen LogP contribution in [0.15, 0.2) is 30.3 Å². The Morgan fingerprint density at radius 1 is 1.35 bits per heavy atom. The van der Waals surface area contributed by atoms with Gasteiger partial charge in [-0.1, -0.05) is 6.92 Å². The highest BCUT2D eigenvalue weighted by atomic mass is 16.2. The molecule has 23 heavy (non-hydrogen) atoms. The van der Waals surface area contributed by atoms with Gasteiger partial charge < -0.3 is 15.5 Å². The highest BCUT2D eigenvalue weighted by Crippen LogP contribution is 2.19. The number of aromatic amines is 1. The predicted molar refractivity (Wildman–Crippen MR) is 87.6 cm³/mol. The SMILES string of the molecule is CCc1cc(C(=O)Nc2ccc(N3CCNC(=O)C3)cc2)n[nH]1. The summed E-state index contributed by atoms with van der Waals surface area (Å²) < 4.78 is 0. The Bertz CT molecular complexity index is 708. The van der Waals surface area contributed by atoms with Gasteiger partial charge in [0.2, 0.25) is 5.91 Å². The quantitative estimate of drug-likeness (QED) is 0.790. The molecule has 0 saturated carbocycles. The second-order valence-electron chi connectivity index (χ2n) is 5.40. The van der Waals surface area contributed by atoms with E-state index in [1.54, 1.807) is 6.07 Å². The molecule has 2 aromatic rings. The summed E-state index contributed by atoms with van der Waals surface area (Å²) in [6, 6.07) is 9.20. The summed E-state index contributed by atoms with van der Waals surface area (Å²) in [5.41, 5.74) is 2.96. The molecule has 1 saturated heterocycles. The third kappa shape index (κ3) is 3.50. The van der Waals surface area contributed by atoms with Gasteiger partial charge in [-0.25, -0.2) is 0 Å². The number of rotatable bonds is 4. The number of nitrogens with zero attached hydrogens (tertiary/aromatic N) is 2. The second-order valence-corrected chi connectivity index (χ2v) is 5.40. The molecule has 1 aromatic carbocycles. The number of aromatic nitrogens is 2. The number of aryl methyl sites for hydroxylation is 1. The van der Waals surface area contributed by atoms with Crippen molar-refractivity contribution in [2.75, 3.05) is 29.9 Å². The molecule has 0 spiro atoms. The topological polar surface area (TPSA) is 90.1 Å². The van der Waals surface area contributed by atoms with Crippen molar-refractivity contribution in [3.63, 3.8) is 0 Å². The van der Waals surface area contributed by atoms with Crippen molar-refractivity contribution >= 4 is 23.2 Å². The van der Waals surface area contributed by atoms with E-state index in [0.717, 1.165) is 24.3 Å². The predicted octanol–water partition coefficient (Wildman–Crippen LogP) is 1.16. The number of carbonyl (C=O) groups excluding carboxylic acids is 2. The molecule has 120 valence electrons. The Kier molecular flexibility index (Phi) is 4.27. The Hall–Kier alpha value is -2.83. The largest absolute Gasteiger partial charge is 0.360 e. The van der Waals surface area contributed by atoms with Gasteiger partial charge in [0.25, 0.3) is 5.91 Å². The first-order valence-electron chi connectivity index (χ1n) is 7.63. The summed E-state index contributed by atoms with van der Waals surface area (Å²) in [6.45, 7) is 3.79. The van der Waals surface area contributed by atoms with E-state index >= 15 is 0 Å². The standard InChI is InChI=1S/C16H19N5O2/c1-2-11-9-14(20-19-11)16(23)18-12-3-5-13(6-4-12)21-8-7-17-15(22)10-21/h3-6,9H,2,7-8,10H2,1H3,(H,17,22)(H,18,23)(H,19,20). The number of nitrogens with one attached hydrogen (secondary N) is 3. The van der Waals surface area contributed by atoms with Crippen LogP contribution in [0.4, 0.5) is 11.4 Å². The highest BCUT2D eigenvalue weighted by Gasteiger charge is 2.16. The number of anilines is 2. The van der Waals surface area contributed by atoms with E-state index in [4.69, 9.17) is 0 Å². The molecule has 0 atom stereocenters. The summed E-state index contributed by atoms with van der Waals surface area (Å²) >= 11 is 0. The van der Waals surface area contributed by atoms with Crippen LogP contribution in [0.5, 0.6) is 0 Å². The molecule has 3 rings (SSSR count). The molecule has 3 N–H and O–H groups in total. The lowest BCUT2D eigenvalue weighted by atomic mass is 10.2. The van der Waals surface area contributed by atoms with Crippen molar-refractivity contribution in [2.45, 2.75) is 13.3 Å². The van der Waals surface area contributed by atoms with Crippen molar-refractivity contribution < 1.29 is 9.59 Å². The number of benzene rings is 1. The van der Waals surface area contributed by atoms with Gasteiger partial charge in [-0.05, 0) is 36.8 Å². The fourth-order valence-corrected chi connectivity index (χ4v) is 2.47. The first-order valence-corrected chi connectivity index (χ1v) is 7.63. The molecule has 1 aliphatic heterocycles. The van der Waals surface area contributed by atoms with Gasteiger partial charge >= 0.3 is 0 Å². The summed E-state index contributed by atoms with van der Waals surface area (Å²) in [7, 11) is 0. The summed E-state index contributed by atoms with van der Waals surface area (Å²) in [5, 5.41) is 12.4. The van der Waals surface area contributed by atoms with Gasteiger partial charge in [-0.15, -0.1) is 0 Å². The van der Waals surface area contributed by atoms with Crippen LogP contribution in [-0.2, 0) is 11.2 Å². The third-order valence-corrected chi connectivity index (χ3v) is 3.77. The van der Waals surface area contributed by atoms with E-state index < -0.39 is 0 Å². The highest BCUT2D eigenvalue weighted by molar-refractivity contribution is 6.03. The van der Waals surface area contributed by atoms with Crippen molar-refractivity contribution in [1.29, 1.82) is 0 Å². The van der Waals surface area contributed by atoms with Crippen LogP contribution in [0.1, 0.15) is 23.1 Å². The molecule has 1 fully saturated rings. The zero-order chi connectivity index (χ0) is 16.2. The molecule has 0 bridgehead atoms. The van der Waals surface area contributed by atoms with E-state index in [1.807, 2.05) is 36.1 Å². The second kappa shape index (κ2) is 6.51. The summed E-state index contributed by atoms with van der Waals surface area (Å²) in [4.78, 5) is 25.5. The van der Waals surface area contributed by atoms with Crippen molar-refractivity contribution in [1.82, 2.24) is 15.5 Å². The van der Waals surface area contributed by atoms with Gasteiger partial charge in [-0.3, -0.25) is 14.7 Å². The van der Waals surface area contributed by atoms with Gasteiger partial charge in [-0.2, -0.15) is 5.10 Å². The number of hydrogen-bond donors (Lipinski definition) is 3. The van der Waals surface area contributed by atoms with Crippen molar-refractivity contribution in [3.8, 4) is 0 Å². The first kappa shape index (κ1) is 15.1. The van der Waals surface area contributed by atoms with Gasteiger partial charge in [0.05, 0.1) is 6.54 Å². The summed E-state index contributed by atoms with van der Waals surface area (Å²) in [5.74, 6) is -0.218. The number of hydrogen-bond acceptors (Lipinski definition) is 4. The lowest BCUT2D eigenvalue weighted by Gasteiger charge is -2.28. The Morgan fingerprint density at radius 3 is 2.78 bits per heavy atom. The monoisotopic (exact) mass is 313 g/mol. The molecule has 7 nitrogen and oxygen atoms in total. The van der Waals surface area contributed by atoms with E-state index in [2.05, 4.69) is 20.8 Å². The molecule has 0 unspecified atom stereocenters. The molecule has 2 amide bonds. The van der Waals surface area contributed by atoms with E-state index in [-0.39, 0.29) is 11.8 Å². The molecular weight excluding hydrogens is 294 g/mol. The Labute approximate surface area is 134 Å². The van der Waals surface area contributed by atoms with Crippen LogP contribution in [0.3, 0.4) is 0 Å². The fourth-order valence-electron chi connectivity index (χ4n) is 2.47. The molecule has 1 aromatic heterocycles. The van der Waals surface area contributed by atoms with E-state index in [1.165, 1.54) is 0 Å². The fraction of sp³-hybridized carbons (Fsp3) is 0.312. The van der Waals surface area contributed by atoms with Crippen LogP contribution in [0, 0.1) is 0 Å². The van der Waals surface area contributed by atoms with E-state index in [9.17, 15) is 9.59 Å². The lowest BCUT2D eigenvalue weighted by molar-refractivity contribution is -0.120. The normalized spacial score (nSPS) is 14.5. The average molecular weight is 313 g/mol. The van der Waals surface area contributed by atoms with Crippen LogP contribution < -0.4 is 15.5 Å². The minimum absolute atomic E-state index is 0.0267. The maximum Gasteiger partial charge on any atom is 0.276 e. The zero-order valence-electron chi connectivity index (χ0n) is 12.9. The van der Waals surface area contributed by atoms with Crippen LogP contribution in [0.25, 0.3) is 0 Å². The minimum Gasteiger partial charge on any atom is -0.360 e. The van der Waals surface area contributed by atoms with Crippen LogP contribution >= 0.6 is 0 Å². The molecule has 2 heterocycles. The van der Waals surface area contributed by atoms with Crippen molar-refractivity contribution in [2.24, 2.45) is 0 Å². The minimum atomic E-state index is -0.244. The average Bonchev–Trinajstić information content (AvgIpc) is 3.05. The first-order chi connectivity index (χ1) is 11.2.